The van der Waals surface area contributed by atoms with Crippen LogP contribution >= 0.6 is 0 Å². The number of esters is 1. The molecule has 1 heterocycles. The Morgan fingerprint density at radius 2 is 1.79 bits per heavy atom. The Labute approximate surface area is 197 Å². The van der Waals surface area contributed by atoms with Crippen molar-refractivity contribution in [1.82, 2.24) is 0 Å². The van der Waals surface area contributed by atoms with Crippen molar-refractivity contribution in [2.45, 2.75) is 19.3 Å². The molecule has 0 amide bonds. The molecule has 1 aliphatic heterocycles. The minimum atomic E-state index is -0.551. The van der Waals surface area contributed by atoms with Gasteiger partial charge in [0.15, 0.2) is 0 Å². The molecule has 7 heteroatoms. The highest BCUT2D eigenvalue weighted by Crippen LogP contribution is 2.45. The van der Waals surface area contributed by atoms with Gasteiger partial charge in [0.1, 0.15) is 40.2 Å². The number of nitrogens with two attached hydrogens (primary N) is 1. The molecule has 0 saturated carbocycles. The highest BCUT2D eigenvalue weighted by molar-refractivity contribution is 5.94. The number of allylic oxidation sites excluding steroid dienone is 1. The van der Waals surface area contributed by atoms with E-state index in [1.54, 1.807) is 49.6 Å². The molecule has 3 aromatic rings. The average Bonchev–Trinajstić information content (AvgIpc) is 2.86. The Morgan fingerprint density at radius 3 is 2.53 bits per heavy atom. The fraction of sp³-hybridized carbons (Fsp3) is 0.185. The summed E-state index contributed by atoms with van der Waals surface area (Å²) >= 11 is 0. The SMILES string of the molecule is CCCOc1ccccc1C(=O)Oc1ccc2c(c1)OC(N)=C(C#N)C2c1ccccc1OC. The predicted octanol–water partition coefficient (Wildman–Crippen LogP) is 4.92. The Morgan fingerprint density at radius 1 is 1.06 bits per heavy atom. The first-order chi connectivity index (χ1) is 16.6. The van der Waals surface area contributed by atoms with Gasteiger partial charge >= 0.3 is 5.97 Å². The van der Waals surface area contributed by atoms with Crippen molar-refractivity contribution < 1.29 is 23.7 Å². The third kappa shape index (κ3) is 4.39. The van der Waals surface area contributed by atoms with Crippen molar-refractivity contribution in [1.29, 1.82) is 5.26 Å². The number of methoxy groups -OCH3 is 1. The first kappa shape index (κ1) is 22.7. The van der Waals surface area contributed by atoms with Gasteiger partial charge in [-0.05, 0) is 30.7 Å². The summed E-state index contributed by atoms with van der Waals surface area (Å²) < 4.78 is 22.5. The fourth-order valence-electron chi connectivity index (χ4n) is 3.86. The summed E-state index contributed by atoms with van der Waals surface area (Å²) in [6.45, 7) is 2.48. The van der Waals surface area contributed by atoms with E-state index in [1.165, 1.54) is 0 Å². The van der Waals surface area contributed by atoms with Crippen LogP contribution in [0.2, 0.25) is 0 Å². The molecule has 0 aromatic heterocycles. The minimum Gasteiger partial charge on any atom is -0.496 e. The molecule has 0 aliphatic carbocycles. The normalized spacial score (nSPS) is 14.4. The number of fused-ring (bicyclic) bond motifs is 1. The molecule has 34 heavy (non-hydrogen) atoms. The number of carbonyl (C=O) groups excluding carboxylic acids is 1. The van der Waals surface area contributed by atoms with E-state index >= 15 is 0 Å². The van der Waals surface area contributed by atoms with Crippen LogP contribution in [0.15, 0.2) is 78.2 Å². The molecule has 1 unspecified atom stereocenters. The first-order valence-corrected chi connectivity index (χ1v) is 10.9. The van der Waals surface area contributed by atoms with Crippen LogP contribution in [0.4, 0.5) is 0 Å². The molecule has 0 fully saturated rings. The lowest BCUT2D eigenvalue weighted by Gasteiger charge is -2.27. The van der Waals surface area contributed by atoms with Crippen LogP contribution in [0.25, 0.3) is 0 Å². The Kier molecular flexibility index (Phi) is 6.69. The topological polar surface area (TPSA) is 104 Å². The third-order valence-electron chi connectivity index (χ3n) is 5.42. The summed E-state index contributed by atoms with van der Waals surface area (Å²) in [6, 6.07) is 21.5. The van der Waals surface area contributed by atoms with Crippen LogP contribution in [-0.2, 0) is 0 Å². The number of ether oxygens (including phenoxy) is 4. The van der Waals surface area contributed by atoms with E-state index in [-0.39, 0.29) is 17.2 Å². The second kappa shape index (κ2) is 10.0. The molecule has 1 atom stereocenters. The molecule has 2 N–H and O–H groups in total. The maximum Gasteiger partial charge on any atom is 0.347 e. The zero-order valence-corrected chi connectivity index (χ0v) is 18.9. The molecular weight excluding hydrogens is 432 g/mol. The Balaban J connectivity index is 1.68. The number of nitriles is 1. The fourth-order valence-corrected chi connectivity index (χ4v) is 3.86. The smallest absolute Gasteiger partial charge is 0.347 e. The molecule has 0 radical (unpaired) electrons. The summed E-state index contributed by atoms with van der Waals surface area (Å²) in [4.78, 5) is 12.9. The van der Waals surface area contributed by atoms with Gasteiger partial charge in [-0.15, -0.1) is 0 Å². The van der Waals surface area contributed by atoms with Crippen LogP contribution in [0.5, 0.6) is 23.0 Å². The standard InChI is InChI=1S/C27H24N2O5/c1-3-14-32-23-11-7-5-9-20(23)27(30)33-17-12-13-19-24(15-17)34-26(29)21(16-28)25(19)18-8-4-6-10-22(18)31-2/h4-13,15,25H,3,14,29H2,1-2H3. The summed E-state index contributed by atoms with van der Waals surface area (Å²) in [7, 11) is 1.57. The number of carbonyl (C=O) groups is 1. The van der Waals surface area contributed by atoms with Crippen molar-refractivity contribution >= 4 is 5.97 Å². The van der Waals surface area contributed by atoms with E-state index < -0.39 is 11.9 Å². The van der Waals surface area contributed by atoms with Crippen LogP contribution in [0.3, 0.4) is 0 Å². The second-order valence-electron chi connectivity index (χ2n) is 7.60. The van der Waals surface area contributed by atoms with Crippen molar-refractivity contribution in [2.75, 3.05) is 13.7 Å². The lowest BCUT2D eigenvalue weighted by molar-refractivity contribution is 0.0730. The second-order valence-corrected chi connectivity index (χ2v) is 7.60. The number of para-hydroxylation sites is 2. The maximum atomic E-state index is 12.9. The number of benzene rings is 3. The average molecular weight is 456 g/mol. The van der Waals surface area contributed by atoms with Gasteiger partial charge in [-0.2, -0.15) is 5.26 Å². The van der Waals surface area contributed by atoms with Gasteiger partial charge in [0.05, 0.1) is 19.6 Å². The Hall–Kier alpha value is -4.44. The van der Waals surface area contributed by atoms with Gasteiger partial charge in [-0.1, -0.05) is 43.3 Å². The highest BCUT2D eigenvalue weighted by atomic mass is 16.5. The molecule has 7 nitrogen and oxygen atoms in total. The summed E-state index contributed by atoms with van der Waals surface area (Å²) in [6.07, 6.45) is 0.818. The van der Waals surface area contributed by atoms with Crippen molar-refractivity contribution in [3.05, 3.63) is 94.9 Å². The molecule has 0 spiro atoms. The summed E-state index contributed by atoms with van der Waals surface area (Å²) in [5.41, 5.74) is 8.20. The van der Waals surface area contributed by atoms with Crippen molar-refractivity contribution in [2.24, 2.45) is 5.73 Å². The van der Waals surface area contributed by atoms with E-state index in [9.17, 15) is 10.1 Å². The van der Waals surface area contributed by atoms with E-state index in [2.05, 4.69) is 6.07 Å². The van der Waals surface area contributed by atoms with Gasteiger partial charge < -0.3 is 24.7 Å². The molecule has 4 rings (SSSR count). The van der Waals surface area contributed by atoms with Gasteiger partial charge in [0.25, 0.3) is 0 Å². The molecule has 0 saturated heterocycles. The third-order valence-corrected chi connectivity index (χ3v) is 5.42. The quantitative estimate of drug-likeness (QED) is 0.397. The largest absolute Gasteiger partial charge is 0.496 e. The number of hydrogen-bond donors (Lipinski definition) is 1. The van der Waals surface area contributed by atoms with E-state index in [0.29, 0.717) is 35.0 Å². The van der Waals surface area contributed by atoms with Gasteiger partial charge in [0.2, 0.25) is 5.88 Å². The molecule has 1 aliphatic rings. The molecule has 172 valence electrons. The zero-order chi connectivity index (χ0) is 24.1. The van der Waals surface area contributed by atoms with Gasteiger partial charge in [-0.3, -0.25) is 0 Å². The van der Waals surface area contributed by atoms with Gasteiger partial charge in [-0.25, -0.2) is 4.79 Å². The lowest BCUT2D eigenvalue weighted by Crippen LogP contribution is -2.21. The Bertz CT molecular complexity index is 1290. The van der Waals surface area contributed by atoms with Gasteiger partial charge in [0, 0.05) is 17.2 Å². The van der Waals surface area contributed by atoms with Crippen molar-refractivity contribution in [3.63, 3.8) is 0 Å². The summed E-state index contributed by atoms with van der Waals surface area (Å²) in [5.74, 6) is 0.718. The van der Waals surface area contributed by atoms with Crippen molar-refractivity contribution in [3.8, 4) is 29.1 Å². The lowest BCUT2D eigenvalue weighted by atomic mass is 9.83. The number of nitrogens with zero attached hydrogens (tertiary/aromatic N) is 1. The zero-order valence-electron chi connectivity index (χ0n) is 18.9. The monoisotopic (exact) mass is 456 g/mol. The number of hydrogen-bond acceptors (Lipinski definition) is 7. The first-order valence-electron chi connectivity index (χ1n) is 10.9. The van der Waals surface area contributed by atoms with Crippen LogP contribution in [0, 0.1) is 11.3 Å². The maximum absolute atomic E-state index is 12.9. The van der Waals surface area contributed by atoms with E-state index in [1.807, 2.05) is 31.2 Å². The highest BCUT2D eigenvalue weighted by Gasteiger charge is 2.33. The van der Waals surface area contributed by atoms with E-state index in [4.69, 9.17) is 24.7 Å². The van der Waals surface area contributed by atoms with Crippen LogP contribution in [0.1, 0.15) is 40.7 Å². The molecular formula is C27H24N2O5. The molecule has 0 bridgehead atoms. The summed E-state index contributed by atoms with van der Waals surface area (Å²) in [5, 5.41) is 9.78. The van der Waals surface area contributed by atoms with Crippen LogP contribution in [-0.4, -0.2) is 19.7 Å². The molecule has 3 aromatic carbocycles. The minimum absolute atomic E-state index is 0.00676. The van der Waals surface area contributed by atoms with E-state index in [0.717, 1.165) is 12.0 Å². The number of rotatable bonds is 7. The predicted molar refractivity (Wildman–Crippen MR) is 126 cm³/mol. The van der Waals surface area contributed by atoms with Crippen LogP contribution < -0.4 is 24.7 Å².